The van der Waals surface area contributed by atoms with Crippen LogP contribution < -0.4 is 0 Å². The Kier molecular flexibility index (Phi) is 8.34. The van der Waals surface area contributed by atoms with E-state index in [-0.39, 0.29) is 59.0 Å². The maximum atomic E-state index is 13.7. The number of hydrogen-bond acceptors (Lipinski definition) is 6. The average molecular weight is 519 g/mol. The zero-order valence-corrected chi connectivity index (χ0v) is 23.8. The van der Waals surface area contributed by atoms with Gasteiger partial charge in [0.2, 0.25) is 0 Å². The molecule has 0 spiro atoms. The Bertz CT molecular complexity index is 896. The minimum absolute atomic E-state index is 0.0334. The number of allylic oxidation sites excluding steroid dienone is 1. The number of carbonyl (C=O) groups is 2. The van der Waals surface area contributed by atoms with Gasteiger partial charge in [-0.1, -0.05) is 46.6 Å². The van der Waals surface area contributed by atoms with Crippen molar-refractivity contribution in [3.05, 3.63) is 11.6 Å². The molecule has 0 saturated heterocycles. The highest BCUT2D eigenvalue weighted by molar-refractivity contribution is 5.94. The Morgan fingerprint density at radius 3 is 2.43 bits per heavy atom. The summed E-state index contributed by atoms with van der Waals surface area (Å²) in [6.45, 7) is 12.7. The van der Waals surface area contributed by atoms with Crippen LogP contribution in [0.2, 0.25) is 0 Å². The van der Waals surface area contributed by atoms with E-state index in [1.807, 2.05) is 0 Å². The molecule has 0 aromatic rings. The number of hydrogen-bond donors (Lipinski definition) is 3. The number of ketones is 1. The molecule has 0 aromatic carbocycles. The molecular formula is C31H50O6. The van der Waals surface area contributed by atoms with Crippen LogP contribution in [0.4, 0.5) is 0 Å². The molecule has 37 heavy (non-hydrogen) atoms. The van der Waals surface area contributed by atoms with Crippen molar-refractivity contribution in [1.82, 2.24) is 0 Å². The van der Waals surface area contributed by atoms with Gasteiger partial charge in [-0.15, -0.1) is 0 Å². The van der Waals surface area contributed by atoms with Gasteiger partial charge in [-0.25, -0.2) is 0 Å². The van der Waals surface area contributed by atoms with Gasteiger partial charge in [-0.05, 0) is 79.1 Å². The minimum Gasteiger partial charge on any atom is -0.462 e. The SMILES string of the molecule is CC(=O)O[C@H]1CC[C@@]2(C)C(=CC(=O)[C@H]3[C@@H]4[C@H](O)C[C@H]([C@H](C)CC[C@H](CCO)C(C)C)[C@@]4(C)C[C@@H](O)[C@H]32)C1. The van der Waals surface area contributed by atoms with E-state index in [9.17, 15) is 24.9 Å². The van der Waals surface area contributed by atoms with Gasteiger partial charge < -0.3 is 20.1 Å². The third-order valence-electron chi connectivity index (χ3n) is 11.4. The van der Waals surface area contributed by atoms with E-state index < -0.39 is 12.2 Å². The fraction of sp³-hybridized carbons (Fsp3) is 0.871. The molecule has 0 radical (unpaired) electrons. The van der Waals surface area contributed by atoms with E-state index in [1.165, 1.54) is 6.92 Å². The summed E-state index contributed by atoms with van der Waals surface area (Å²) >= 11 is 0. The second-order valence-corrected chi connectivity index (χ2v) is 13.8. The third-order valence-corrected chi connectivity index (χ3v) is 11.4. The van der Waals surface area contributed by atoms with Crippen molar-refractivity contribution in [2.45, 2.75) is 111 Å². The van der Waals surface area contributed by atoms with E-state index in [0.717, 1.165) is 37.7 Å². The van der Waals surface area contributed by atoms with Crippen LogP contribution >= 0.6 is 0 Å². The fourth-order valence-electron chi connectivity index (χ4n) is 9.46. The molecule has 0 amide bonds. The Labute approximate surface area is 223 Å². The van der Waals surface area contributed by atoms with Crippen LogP contribution in [0.15, 0.2) is 11.6 Å². The summed E-state index contributed by atoms with van der Waals surface area (Å²) in [4.78, 5) is 25.3. The van der Waals surface area contributed by atoms with E-state index in [1.54, 1.807) is 6.08 Å². The number of ether oxygens (including phenoxy) is 1. The first-order chi connectivity index (χ1) is 17.3. The monoisotopic (exact) mass is 518 g/mol. The second kappa shape index (κ2) is 10.7. The van der Waals surface area contributed by atoms with Gasteiger partial charge in [0.25, 0.3) is 0 Å². The van der Waals surface area contributed by atoms with Crippen LogP contribution in [0, 0.1) is 52.3 Å². The molecule has 4 aliphatic carbocycles. The summed E-state index contributed by atoms with van der Waals surface area (Å²) in [6.07, 6.45) is 6.65. The summed E-state index contributed by atoms with van der Waals surface area (Å²) in [6, 6.07) is 0. The highest BCUT2D eigenvalue weighted by Crippen LogP contribution is 2.66. The topological polar surface area (TPSA) is 104 Å². The third kappa shape index (κ3) is 5.07. The van der Waals surface area contributed by atoms with Crippen LogP contribution in [-0.2, 0) is 14.3 Å². The Hall–Kier alpha value is -1.24. The number of fused-ring (bicyclic) bond motifs is 5. The average Bonchev–Trinajstić information content (AvgIpc) is 3.06. The van der Waals surface area contributed by atoms with Gasteiger partial charge in [-0.2, -0.15) is 0 Å². The fourth-order valence-corrected chi connectivity index (χ4v) is 9.46. The highest BCUT2D eigenvalue weighted by Gasteiger charge is 2.66. The van der Waals surface area contributed by atoms with Gasteiger partial charge in [-0.3, -0.25) is 9.59 Å². The van der Waals surface area contributed by atoms with Crippen molar-refractivity contribution in [2.24, 2.45) is 52.3 Å². The summed E-state index contributed by atoms with van der Waals surface area (Å²) in [5, 5.41) is 32.7. The molecule has 11 atom stereocenters. The van der Waals surface area contributed by atoms with Crippen molar-refractivity contribution in [3.63, 3.8) is 0 Å². The van der Waals surface area contributed by atoms with Crippen LogP contribution in [0.3, 0.4) is 0 Å². The smallest absolute Gasteiger partial charge is 0.302 e. The lowest BCUT2D eigenvalue weighted by atomic mass is 9.45. The second-order valence-electron chi connectivity index (χ2n) is 13.8. The number of aliphatic hydroxyl groups is 3. The van der Waals surface area contributed by atoms with E-state index >= 15 is 0 Å². The molecule has 0 aromatic heterocycles. The molecule has 0 aliphatic heterocycles. The van der Waals surface area contributed by atoms with Gasteiger partial charge in [0.1, 0.15) is 6.10 Å². The standard InChI is InChI=1S/C31H50O6/c1-17(2)20(10-12-32)8-7-18(3)23-15-25(35)28-27-24(34)14-21-13-22(37-19(4)33)9-11-30(21,5)29(27)26(36)16-31(23,28)6/h14,17-18,20,22-23,25-29,32,35-36H,7-13,15-16H2,1-6H3/t18-,20-,22+,23-,25-,26-,27+,28+,29-,30+,31-/m1/s1. The quantitative estimate of drug-likeness (QED) is 0.403. The summed E-state index contributed by atoms with van der Waals surface area (Å²) in [5.74, 6) is 0.608. The summed E-state index contributed by atoms with van der Waals surface area (Å²) < 4.78 is 5.49. The van der Waals surface area contributed by atoms with Crippen LogP contribution in [0.25, 0.3) is 0 Å². The molecule has 4 aliphatic rings. The van der Waals surface area contributed by atoms with Crippen LogP contribution in [0.5, 0.6) is 0 Å². The number of carbonyl (C=O) groups excluding carboxylic acids is 2. The van der Waals surface area contributed by atoms with Gasteiger partial charge in [0.05, 0.1) is 12.2 Å². The van der Waals surface area contributed by atoms with Crippen molar-refractivity contribution in [1.29, 1.82) is 0 Å². The number of esters is 1. The first-order valence-electron chi connectivity index (χ1n) is 14.7. The zero-order chi connectivity index (χ0) is 27.3. The lowest BCUT2D eigenvalue weighted by molar-refractivity contribution is -0.164. The first kappa shape index (κ1) is 28.8. The molecule has 0 bridgehead atoms. The van der Waals surface area contributed by atoms with Crippen molar-refractivity contribution in [2.75, 3.05) is 6.61 Å². The maximum absolute atomic E-state index is 13.7. The molecule has 6 heteroatoms. The van der Waals surface area contributed by atoms with Gasteiger partial charge in [0, 0.05) is 37.7 Å². The molecule has 3 saturated carbocycles. The van der Waals surface area contributed by atoms with Crippen LogP contribution in [-0.4, -0.2) is 52.0 Å². The Morgan fingerprint density at radius 2 is 1.81 bits per heavy atom. The molecule has 0 heterocycles. The zero-order valence-electron chi connectivity index (χ0n) is 23.8. The summed E-state index contributed by atoms with van der Waals surface area (Å²) in [5.41, 5.74) is 0.379. The number of rotatable bonds is 8. The Balaban J connectivity index is 1.58. The van der Waals surface area contributed by atoms with Crippen LogP contribution in [0.1, 0.15) is 92.9 Å². The predicted molar refractivity (Wildman–Crippen MR) is 142 cm³/mol. The normalized spacial score (nSPS) is 42.9. The molecule has 3 N–H and O–H groups in total. The lowest BCUT2D eigenvalue weighted by Gasteiger charge is -2.59. The van der Waals surface area contributed by atoms with Crippen molar-refractivity contribution in [3.8, 4) is 0 Å². The molecule has 3 fully saturated rings. The maximum Gasteiger partial charge on any atom is 0.302 e. The minimum atomic E-state index is -0.605. The molecule has 4 rings (SSSR count). The lowest BCUT2D eigenvalue weighted by Crippen LogP contribution is -2.60. The molecule has 210 valence electrons. The van der Waals surface area contributed by atoms with E-state index in [2.05, 4.69) is 34.6 Å². The molecule has 6 nitrogen and oxygen atoms in total. The summed E-state index contributed by atoms with van der Waals surface area (Å²) in [7, 11) is 0. The largest absolute Gasteiger partial charge is 0.462 e. The number of aliphatic hydroxyl groups excluding tert-OH is 3. The highest BCUT2D eigenvalue weighted by atomic mass is 16.5. The van der Waals surface area contributed by atoms with Crippen molar-refractivity contribution < 1.29 is 29.6 Å². The first-order valence-corrected chi connectivity index (χ1v) is 14.7. The van der Waals surface area contributed by atoms with E-state index in [4.69, 9.17) is 4.74 Å². The molecule has 0 unspecified atom stereocenters. The molecular weight excluding hydrogens is 468 g/mol. The van der Waals surface area contributed by atoms with Gasteiger partial charge in [0.15, 0.2) is 5.78 Å². The van der Waals surface area contributed by atoms with E-state index in [0.29, 0.717) is 37.0 Å². The van der Waals surface area contributed by atoms with Gasteiger partial charge >= 0.3 is 5.97 Å². The van der Waals surface area contributed by atoms with Crippen molar-refractivity contribution >= 4 is 11.8 Å². The predicted octanol–water partition coefficient (Wildman–Crippen LogP) is 4.69. The Morgan fingerprint density at radius 1 is 1.11 bits per heavy atom.